The van der Waals surface area contributed by atoms with Crippen molar-refractivity contribution >= 4 is 36.0 Å². The Morgan fingerprint density at radius 3 is 2.62 bits per heavy atom. The first kappa shape index (κ1) is 14.0. The summed E-state index contributed by atoms with van der Waals surface area (Å²) in [7, 11) is 0. The van der Waals surface area contributed by atoms with Gasteiger partial charge in [-0.25, -0.2) is 0 Å². The lowest BCUT2D eigenvalue weighted by Crippen LogP contribution is -2.06. The van der Waals surface area contributed by atoms with Crippen LogP contribution in [0.15, 0.2) is 0 Å². The minimum atomic E-state index is 0.669. The van der Waals surface area contributed by atoms with Crippen molar-refractivity contribution in [1.29, 1.82) is 0 Å². The lowest BCUT2D eigenvalue weighted by Gasteiger charge is -2.11. The molecule has 0 saturated carbocycles. The Morgan fingerprint density at radius 2 is 2.08 bits per heavy atom. The van der Waals surface area contributed by atoms with E-state index in [1.165, 1.54) is 31.4 Å². The molecule has 0 aromatic rings. The monoisotopic (exact) mass is 240 g/mol. The summed E-state index contributed by atoms with van der Waals surface area (Å²) >= 11 is 12.0. The highest BCUT2D eigenvalue weighted by Crippen LogP contribution is 2.18. The van der Waals surface area contributed by atoms with E-state index in [0.717, 1.165) is 18.1 Å². The number of thiol groups is 1. The summed E-state index contributed by atoms with van der Waals surface area (Å²) < 4.78 is 0. The van der Waals surface area contributed by atoms with Crippen molar-refractivity contribution in [3.05, 3.63) is 0 Å². The van der Waals surface area contributed by atoms with Crippen LogP contribution >= 0.6 is 36.0 Å². The molecular weight excluding hydrogens is 220 g/mol. The van der Waals surface area contributed by atoms with Crippen LogP contribution in [0.4, 0.5) is 0 Å². The highest BCUT2D eigenvalue weighted by Gasteiger charge is 2.05. The molecule has 0 fully saturated rings. The molecule has 0 nitrogen and oxygen atoms in total. The zero-order chi connectivity index (χ0) is 9.94. The molecule has 1 unspecified atom stereocenters. The van der Waals surface area contributed by atoms with Crippen LogP contribution < -0.4 is 0 Å². The van der Waals surface area contributed by atoms with Crippen molar-refractivity contribution in [3.63, 3.8) is 0 Å². The van der Waals surface area contributed by atoms with E-state index in [2.05, 4.69) is 19.6 Å². The van der Waals surface area contributed by atoms with E-state index in [9.17, 15) is 0 Å². The second-order valence-electron chi connectivity index (χ2n) is 3.21. The van der Waals surface area contributed by atoms with Crippen LogP contribution in [-0.4, -0.2) is 22.6 Å². The third kappa shape index (κ3) is 9.30. The molecule has 0 rings (SSSR count). The Hall–Kier alpha value is 0.990. The number of alkyl halides is 1. The highest BCUT2D eigenvalue weighted by atomic mass is 35.5. The molecule has 0 amide bonds. The molecule has 0 bridgehead atoms. The average molecular weight is 241 g/mol. The van der Waals surface area contributed by atoms with Crippen LogP contribution in [0, 0.1) is 0 Å². The molecule has 80 valence electrons. The fourth-order valence-corrected chi connectivity index (χ4v) is 3.11. The molecule has 0 aliphatic rings. The van der Waals surface area contributed by atoms with E-state index in [-0.39, 0.29) is 0 Å². The van der Waals surface area contributed by atoms with E-state index in [0.29, 0.717) is 5.25 Å². The molecule has 0 N–H and O–H groups in total. The zero-order valence-corrected chi connectivity index (χ0v) is 10.9. The van der Waals surface area contributed by atoms with E-state index >= 15 is 0 Å². The summed E-state index contributed by atoms with van der Waals surface area (Å²) in [5.41, 5.74) is 0. The standard InChI is InChI=1S/C10H21ClS2/c1-2-3-4-5-8-13-10(9-12)6-7-11/h10,12H,2-9H2,1H3. The van der Waals surface area contributed by atoms with Gasteiger partial charge in [0.2, 0.25) is 0 Å². The first-order chi connectivity index (χ1) is 6.35. The van der Waals surface area contributed by atoms with Gasteiger partial charge >= 0.3 is 0 Å². The van der Waals surface area contributed by atoms with Gasteiger partial charge in [0.25, 0.3) is 0 Å². The van der Waals surface area contributed by atoms with Gasteiger partial charge in [-0.2, -0.15) is 24.4 Å². The van der Waals surface area contributed by atoms with Gasteiger partial charge in [-0.1, -0.05) is 26.2 Å². The fraction of sp³-hybridized carbons (Fsp3) is 1.00. The van der Waals surface area contributed by atoms with Crippen molar-refractivity contribution in [3.8, 4) is 0 Å². The van der Waals surface area contributed by atoms with Gasteiger partial charge in [-0.3, -0.25) is 0 Å². The summed E-state index contributed by atoms with van der Waals surface area (Å²) in [6, 6.07) is 0. The van der Waals surface area contributed by atoms with Gasteiger partial charge in [-0.15, -0.1) is 11.6 Å². The molecule has 0 spiro atoms. The Balaban J connectivity index is 3.17. The maximum absolute atomic E-state index is 5.69. The zero-order valence-electron chi connectivity index (χ0n) is 8.47. The second kappa shape index (κ2) is 11.1. The second-order valence-corrected chi connectivity index (χ2v) is 5.37. The Labute approximate surface area is 97.6 Å². The van der Waals surface area contributed by atoms with E-state index in [4.69, 9.17) is 11.6 Å². The maximum atomic E-state index is 5.69. The first-order valence-electron chi connectivity index (χ1n) is 5.13. The van der Waals surface area contributed by atoms with Crippen molar-refractivity contribution < 1.29 is 0 Å². The van der Waals surface area contributed by atoms with E-state index in [1.807, 2.05) is 11.8 Å². The number of hydrogen-bond acceptors (Lipinski definition) is 2. The van der Waals surface area contributed by atoms with Crippen molar-refractivity contribution in [2.75, 3.05) is 17.4 Å². The average Bonchev–Trinajstić information content (AvgIpc) is 2.16. The molecular formula is C10H21ClS2. The Morgan fingerprint density at radius 1 is 1.31 bits per heavy atom. The molecule has 0 radical (unpaired) electrons. The SMILES string of the molecule is CCCCCCSC(CS)CCCl. The Kier molecular flexibility index (Phi) is 11.9. The molecule has 0 aromatic carbocycles. The largest absolute Gasteiger partial charge is 0.178 e. The van der Waals surface area contributed by atoms with Gasteiger partial charge in [0.15, 0.2) is 0 Å². The lowest BCUT2D eigenvalue weighted by atomic mass is 10.2. The van der Waals surface area contributed by atoms with Gasteiger partial charge in [0.1, 0.15) is 0 Å². The topological polar surface area (TPSA) is 0 Å². The number of rotatable bonds is 9. The normalized spacial score (nSPS) is 13.2. The minimum Gasteiger partial charge on any atom is -0.178 e. The van der Waals surface area contributed by atoms with Crippen LogP contribution in [0.1, 0.15) is 39.0 Å². The van der Waals surface area contributed by atoms with Gasteiger partial charge in [-0.05, 0) is 18.6 Å². The fourth-order valence-electron chi connectivity index (χ4n) is 1.13. The van der Waals surface area contributed by atoms with Crippen LogP contribution in [0.2, 0.25) is 0 Å². The van der Waals surface area contributed by atoms with Crippen LogP contribution in [0.5, 0.6) is 0 Å². The molecule has 0 saturated heterocycles. The maximum Gasteiger partial charge on any atom is 0.0234 e. The van der Waals surface area contributed by atoms with E-state index < -0.39 is 0 Å². The third-order valence-corrected chi connectivity index (χ3v) is 4.29. The summed E-state index contributed by atoms with van der Waals surface area (Å²) in [6.45, 7) is 2.25. The number of halogens is 1. The van der Waals surface area contributed by atoms with Crippen LogP contribution in [0.3, 0.4) is 0 Å². The van der Waals surface area contributed by atoms with Gasteiger partial charge < -0.3 is 0 Å². The molecule has 0 aromatic heterocycles. The predicted octanol–water partition coefficient (Wildman–Crippen LogP) is 4.23. The Bertz CT molecular complexity index is 98.9. The number of hydrogen-bond donors (Lipinski definition) is 1. The molecule has 1 atom stereocenters. The summed E-state index contributed by atoms with van der Waals surface area (Å²) in [4.78, 5) is 0. The summed E-state index contributed by atoms with van der Waals surface area (Å²) in [5.74, 6) is 3.01. The molecule has 0 aliphatic heterocycles. The number of unbranched alkanes of at least 4 members (excludes halogenated alkanes) is 3. The van der Waals surface area contributed by atoms with Gasteiger partial charge in [0, 0.05) is 16.9 Å². The molecule has 0 heterocycles. The smallest absolute Gasteiger partial charge is 0.0234 e. The van der Waals surface area contributed by atoms with E-state index in [1.54, 1.807) is 0 Å². The van der Waals surface area contributed by atoms with Crippen molar-refractivity contribution in [1.82, 2.24) is 0 Å². The highest BCUT2D eigenvalue weighted by molar-refractivity contribution is 8.00. The summed E-state index contributed by atoms with van der Waals surface area (Å²) in [6.07, 6.45) is 6.53. The lowest BCUT2D eigenvalue weighted by molar-refractivity contribution is 0.705. The molecule has 0 aliphatic carbocycles. The first-order valence-corrected chi connectivity index (χ1v) is 7.35. The minimum absolute atomic E-state index is 0.669. The van der Waals surface area contributed by atoms with Gasteiger partial charge in [0.05, 0.1) is 0 Å². The number of thioether (sulfide) groups is 1. The van der Waals surface area contributed by atoms with Crippen LogP contribution in [0.25, 0.3) is 0 Å². The summed E-state index contributed by atoms with van der Waals surface area (Å²) in [5, 5.41) is 0.669. The van der Waals surface area contributed by atoms with Crippen molar-refractivity contribution in [2.45, 2.75) is 44.3 Å². The molecule has 3 heteroatoms. The van der Waals surface area contributed by atoms with Crippen LogP contribution in [-0.2, 0) is 0 Å². The van der Waals surface area contributed by atoms with Crippen molar-refractivity contribution in [2.24, 2.45) is 0 Å². The predicted molar refractivity (Wildman–Crippen MR) is 69.6 cm³/mol. The third-order valence-electron chi connectivity index (χ3n) is 1.99. The quantitative estimate of drug-likeness (QED) is 0.358. The molecule has 13 heavy (non-hydrogen) atoms.